The predicted octanol–water partition coefficient (Wildman–Crippen LogP) is 3.22. The first kappa shape index (κ1) is 14.5. The second-order valence-corrected chi connectivity index (χ2v) is 4.63. The number of hydrogen-bond donors (Lipinski definition) is 1. The van der Waals surface area contributed by atoms with E-state index in [-0.39, 0.29) is 24.8 Å². The molecule has 2 aliphatic heterocycles. The van der Waals surface area contributed by atoms with Crippen molar-refractivity contribution in [3.05, 3.63) is 35.7 Å². The zero-order valence-electron chi connectivity index (χ0n) is 9.63. The highest BCUT2D eigenvalue weighted by Crippen LogP contribution is 2.31. The van der Waals surface area contributed by atoms with Crippen LogP contribution in [0.3, 0.4) is 0 Å². The molecule has 1 aromatic rings. The molecule has 0 aliphatic carbocycles. The minimum Gasteiger partial charge on any atom is -0.311 e. The number of hydrogen-bond acceptors (Lipinski definition) is 2. The number of nitrogens with zero attached hydrogens (tertiary/aromatic N) is 1. The highest BCUT2D eigenvalue weighted by atomic mass is 35.5. The molecule has 3 rings (SSSR count). The van der Waals surface area contributed by atoms with Crippen molar-refractivity contribution in [2.24, 2.45) is 0 Å². The Morgan fingerprint density at radius 2 is 1.65 bits per heavy atom. The van der Waals surface area contributed by atoms with Gasteiger partial charge < -0.3 is 5.32 Å². The van der Waals surface area contributed by atoms with Gasteiger partial charge in [-0.15, -0.1) is 24.8 Å². The van der Waals surface area contributed by atoms with Gasteiger partial charge in [0.1, 0.15) is 0 Å². The second kappa shape index (κ2) is 6.39. The average Bonchev–Trinajstić information content (AvgIpc) is 2.60. The number of pyridine rings is 1. The van der Waals surface area contributed by atoms with Crippen LogP contribution in [-0.4, -0.2) is 17.1 Å². The predicted molar refractivity (Wildman–Crippen MR) is 75.9 cm³/mol. The van der Waals surface area contributed by atoms with Crippen LogP contribution in [0.1, 0.15) is 31.2 Å². The molecule has 0 aromatic carbocycles. The molecule has 2 aliphatic rings. The van der Waals surface area contributed by atoms with E-state index in [0.29, 0.717) is 0 Å². The summed E-state index contributed by atoms with van der Waals surface area (Å²) in [6, 6.07) is 5.65. The van der Waals surface area contributed by atoms with Crippen molar-refractivity contribution in [1.29, 1.82) is 0 Å². The maximum Gasteiger partial charge on any atom is 0.0273 e. The fourth-order valence-corrected chi connectivity index (χ4v) is 2.75. The quantitative estimate of drug-likeness (QED) is 0.849. The van der Waals surface area contributed by atoms with Gasteiger partial charge in [-0.2, -0.15) is 0 Å². The molecule has 0 radical (unpaired) electrons. The van der Waals surface area contributed by atoms with E-state index in [0.717, 1.165) is 12.1 Å². The molecule has 2 atom stereocenters. The molecule has 1 aromatic heterocycles. The monoisotopic (exact) mass is 272 g/mol. The maximum atomic E-state index is 4.04. The van der Waals surface area contributed by atoms with E-state index in [2.05, 4.69) is 28.5 Å². The lowest BCUT2D eigenvalue weighted by atomic mass is 9.97. The smallest absolute Gasteiger partial charge is 0.0273 e. The standard InChI is InChI=1S/C13H16N2.2ClH/c1-2-13-9-11(8-12(1)15-13)7-10-3-5-14-6-4-10;;/h3-7,12-13,15H,1-2,8-9H2;2*1H. The SMILES string of the molecule is C(=C1CC2CCC(C1)N2)c1ccncc1.Cl.Cl. The Balaban J connectivity index is 0.000000722. The number of aromatic nitrogens is 1. The van der Waals surface area contributed by atoms with Gasteiger partial charge in [-0.1, -0.05) is 11.6 Å². The van der Waals surface area contributed by atoms with Crippen LogP contribution in [0.25, 0.3) is 6.08 Å². The summed E-state index contributed by atoms with van der Waals surface area (Å²) in [6.45, 7) is 0. The molecular weight excluding hydrogens is 255 g/mol. The molecule has 3 heterocycles. The van der Waals surface area contributed by atoms with Gasteiger partial charge in [0.15, 0.2) is 0 Å². The van der Waals surface area contributed by atoms with Gasteiger partial charge in [0.2, 0.25) is 0 Å². The van der Waals surface area contributed by atoms with Gasteiger partial charge >= 0.3 is 0 Å². The van der Waals surface area contributed by atoms with Crippen LogP contribution in [0.15, 0.2) is 30.1 Å². The van der Waals surface area contributed by atoms with Gasteiger partial charge in [-0.3, -0.25) is 4.98 Å². The number of piperidine rings is 1. The topological polar surface area (TPSA) is 24.9 Å². The molecule has 0 amide bonds. The van der Waals surface area contributed by atoms with Gasteiger partial charge in [0, 0.05) is 24.5 Å². The molecular formula is C13H18Cl2N2. The summed E-state index contributed by atoms with van der Waals surface area (Å²) in [5.74, 6) is 0. The van der Waals surface area contributed by atoms with Gasteiger partial charge in [-0.25, -0.2) is 0 Å². The number of rotatable bonds is 1. The number of halogens is 2. The zero-order chi connectivity index (χ0) is 10.1. The van der Waals surface area contributed by atoms with E-state index in [4.69, 9.17) is 0 Å². The van der Waals surface area contributed by atoms with Crippen LogP contribution in [0.2, 0.25) is 0 Å². The van der Waals surface area contributed by atoms with E-state index >= 15 is 0 Å². The van der Waals surface area contributed by atoms with E-state index in [1.54, 1.807) is 5.57 Å². The normalized spacial score (nSPS) is 25.8. The average molecular weight is 273 g/mol. The molecule has 17 heavy (non-hydrogen) atoms. The van der Waals surface area contributed by atoms with E-state index < -0.39 is 0 Å². The van der Waals surface area contributed by atoms with Crippen molar-refractivity contribution in [3.63, 3.8) is 0 Å². The molecule has 2 bridgehead atoms. The third kappa shape index (κ3) is 3.44. The highest BCUT2D eigenvalue weighted by molar-refractivity contribution is 5.85. The molecule has 4 heteroatoms. The van der Waals surface area contributed by atoms with E-state index in [1.165, 1.54) is 31.2 Å². The lowest BCUT2D eigenvalue weighted by molar-refractivity contribution is 0.476. The fraction of sp³-hybridized carbons (Fsp3) is 0.462. The first-order valence-electron chi connectivity index (χ1n) is 5.76. The van der Waals surface area contributed by atoms with Crippen LogP contribution < -0.4 is 5.32 Å². The summed E-state index contributed by atoms with van der Waals surface area (Å²) >= 11 is 0. The summed E-state index contributed by atoms with van der Waals surface area (Å²) < 4.78 is 0. The molecule has 2 unspecified atom stereocenters. The first-order valence-corrected chi connectivity index (χ1v) is 5.76. The van der Waals surface area contributed by atoms with Crippen molar-refractivity contribution in [2.45, 2.75) is 37.8 Å². The number of fused-ring (bicyclic) bond motifs is 2. The van der Waals surface area contributed by atoms with Crippen LogP contribution >= 0.6 is 24.8 Å². The van der Waals surface area contributed by atoms with Crippen LogP contribution in [0, 0.1) is 0 Å². The third-order valence-corrected chi connectivity index (χ3v) is 3.43. The summed E-state index contributed by atoms with van der Waals surface area (Å²) in [7, 11) is 0. The first-order chi connectivity index (χ1) is 7.40. The van der Waals surface area contributed by atoms with Crippen molar-refractivity contribution in [1.82, 2.24) is 10.3 Å². The van der Waals surface area contributed by atoms with Gasteiger partial charge in [0.05, 0.1) is 0 Å². The Labute approximate surface area is 115 Å². The molecule has 1 N–H and O–H groups in total. The van der Waals surface area contributed by atoms with Crippen LogP contribution in [-0.2, 0) is 0 Å². The van der Waals surface area contributed by atoms with Crippen LogP contribution in [0.4, 0.5) is 0 Å². The minimum atomic E-state index is 0. The maximum absolute atomic E-state index is 4.04. The summed E-state index contributed by atoms with van der Waals surface area (Å²) in [6.07, 6.45) is 11.3. The molecule has 0 saturated carbocycles. The number of nitrogens with one attached hydrogen (secondary N) is 1. The Bertz CT molecular complexity index is 364. The van der Waals surface area contributed by atoms with Crippen LogP contribution in [0.5, 0.6) is 0 Å². The minimum absolute atomic E-state index is 0. The Hall–Kier alpha value is -0.570. The summed E-state index contributed by atoms with van der Waals surface area (Å²) in [5, 5.41) is 3.65. The highest BCUT2D eigenvalue weighted by Gasteiger charge is 2.29. The Morgan fingerprint density at radius 3 is 2.24 bits per heavy atom. The lowest BCUT2D eigenvalue weighted by Gasteiger charge is -2.23. The van der Waals surface area contributed by atoms with Crippen molar-refractivity contribution in [2.75, 3.05) is 0 Å². The third-order valence-electron chi connectivity index (χ3n) is 3.43. The summed E-state index contributed by atoms with van der Waals surface area (Å²) in [4.78, 5) is 4.04. The second-order valence-electron chi connectivity index (χ2n) is 4.63. The summed E-state index contributed by atoms with van der Waals surface area (Å²) in [5.41, 5.74) is 2.90. The molecule has 0 spiro atoms. The van der Waals surface area contributed by atoms with E-state index in [9.17, 15) is 0 Å². The molecule has 2 saturated heterocycles. The van der Waals surface area contributed by atoms with Crippen molar-refractivity contribution < 1.29 is 0 Å². The fourth-order valence-electron chi connectivity index (χ4n) is 2.75. The van der Waals surface area contributed by atoms with Gasteiger partial charge in [0.25, 0.3) is 0 Å². The largest absolute Gasteiger partial charge is 0.311 e. The van der Waals surface area contributed by atoms with E-state index in [1.807, 2.05) is 12.4 Å². The lowest BCUT2D eigenvalue weighted by Crippen LogP contribution is -2.34. The Morgan fingerprint density at radius 1 is 1.06 bits per heavy atom. The van der Waals surface area contributed by atoms with Crippen molar-refractivity contribution in [3.8, 4) is 0 Å². The molecule has 94 valence electrons. The van der Waals surface area contributed by atoms with Gasteiger partial charge in [-0.05, 0) is 43.4 Å². The Kier molecular flexibility index (Phi) is 5.44. The molecule has 2 nitrogen and oxygen atoms in total. The molecule has 2 fully saturated rings. The zero-order valence-corrected chi connectivity index (χ0v) is 11.3. The van der Waals surface area contributed by atoms with Crippen molar-refractivity contribution >= 4 is 30.9 Å².